The third-order valence-corrected chi connectivity index (χ3v) is 12.6. The SMILES string of the molecule is CC[C@H]1OC(=O)C(C)C(=O)[C@H](C)C(O[C@@H]2OC(C)CC(N(C)C)C2C)[C@](C)(OC/C=C/c2cnc3ccccc3c2)C[C@@H](C)CN(C)[C@H](C)[C@H]2NC(=O)O[C@@]21C. The number of amides is 1. The first-order chi connectivity index (χ1) is 26.4. The van der Waals surface area contributed by atoms with Crippen molar-refractivity contribution in [3.05, 3.63) is 48.2 Å². The summed E-state index contributed by atoms with van der Waals surface area (Å²) in [6.45, 7) is 18.4. The highest BCUT2D eigenvalue weighted by Crippen LogP contribution is 2.39. The molecule has 4 heterocycles. The van der Waals surface area contributed by atoms with Gasteiger partial charge < -0.3 is 38.8 Å². The number of fused-ring (bicyclic) bond motifs is 2. The van der Waals surface area contributed by atoms with Crippen LogP contribution in [0, 0.1) is 23.7 Å². The molecular formula is C44H66N4O8. The van der Waals surface area contributed by atoms with Crippen LogP contribution in [0.3, 0.4) is 0 Å². The summed E-state index contributed by atoms with van der Waals surface area (Å²) in [5.74, 6) is -2.87. The van der Waals surface area contributed by atoms with Crippen molar-refractivity contribution >= 4 is 34.8 Å². The second kappa shape index (κ2) is 18.0. The number of ketones is 1. The standard InChI is InChI=1S/C44H66N4O8/c1-13-36-44(9)38(46-42(51)56-44)31(7)48(12)25-26(2)23-43(8,52-20-16-17-32-22-33-18-14-15-19-34(33)45-24-32)39(29(5)37(49)30(6)40(50)54-36)55-41-28(4)35(47(10)11)21-27(3)53-41/h14-19,22,24,26-31,35-36,38-39,41H,13,20-21,23,25H2,1-12H3,(H,46,51)/b17-16+/t26-,27?,28?,29+,30?,31-,35?,36-,38-,39?,41+,43-,44-/m1/s1. The minimum atomic E-state index is -1.16. The zero-order valence-electron chi connectivity index (χ0n) is 35.6. The van der Waals surface area contributed by atoms with Gasteiger partial charge in [0.15, 0.2) is 17.7 Å². The van der Waals surface area contributed by atoms with Crippen molar-refractivity contribution in [2.75, 3.05) is 34.3 Å². The van der Waals surface area contributed by atoms with Crippen molar-refractivity contribution in [2.45, 2.75) is 136 Å². The average molecular weight is 779 g/mol. The number of esters is 1. The van der Waals surface area contributed by atoms with Crippen LogP contribution in [0.15, 0.2) is 42.6 Å². The van der Waals surface area contributed by atoms with Crippen LogP contribution >= 0.6 is 0 Å². The molecule has 5 unspecified atom stereocenters. The quantitative estimate of drug-likeness (QED) is 0.233. The summed E-state index contributed by atoms with van der Waals surface area (Å²) >= 11 is 0. The number of alkyl carbamates (subject to hydrolysis) is 1. The predicted molar refractivity (Wildman–Crippen MR) is 217 cm³/mol. The van der Waals surface area contributed by atoms with Crippen molar-refractivity contribution in [3.63, 3.8) is 0 Å². The number of ether oxygens (including phenoxy) is 5. The predicted octanol–water partition coefficient (Wildman–Crippen LogP) is 6.50. The number of pyridine rings is 1. The largest absolute Gasteiger partial charge is 0.458 e. The molecule has 1 aromatic heterocycles. The molecule has 13 atom stereocenters. The Hall–Kier alpha value is -3.42. The lowest BCUT2D eigenvalue weighted by molar-refractivity contribution is -0.282. The van der Waals surface area contributed by atoms with E-state index in [1.165, 1.54) is 0 Å². The number of carbonyl (C=O) groups is 3. The maximum Gasteiger partial charge on any atom is 0.408 e. The van der Waals surface area contributed by atoms with E-state index < -0.39 is 59.6 Å². The van der Waals surface area contributed by atoms with Crippen LogP contribution in [0.2, 0.25) is 0 Å². The number of nitrogens with zero attached hydrogens (tertiary/aromatic N) is 3. The number of para-hydroxylation sites is 1. The van der Waals surface area contributed by atoms with Gasteiger partial charge in [-0.05, 0) is 98.6 Å². The minimum Gasteiger partial charge on any atom is -0.458 e. The number of carbonyl (C=O) groups excluding carboxylic acids is 3. The fraction of sp³-hybridized carbons (Fsp3) is 0.682. The van der Waals surface area contributed by atoms with Crippen LogP contribution in [-0.4, -0.2) is 121 Å². The summed E-state index contributed by atoms with van der Waals surface area (Å²) in [6.07, 6.45) is 4.73. The van der Waals surface area contributed by atoms with Crippen LogP contribution < -0.4 is 5.32 Å². The third-order valence-electron chi connectivity index (χ3n) is 12.6. The molecule has 5 rings (SSSR count). The molecule has 12 heteroatoms. The molecule has 3 aliphatic heterocycles. The molecule has 1 aromatic carbocycles. The summed E-state index contributed by atoms with van der Waals surface area (Å²) in [5, 5.41) is 4.05. The van der Waals surface area contributed by atoms with E-state index in [9.17, 15) is 14.4 Å². The number of nitrogens with one attached hydrogen (secondary N) is 1. The van der Waals surface area contributed by atoms with Crippen LogP contribution in [0.4, 0.5) is 4.79 Å². The minimum absolute atomic E-state index is 0.0165. The summed E-state index contributed by atoms with van der Waals surface area (Å²) in [6, 6.07) is 9.61. The molecule has 0 aliphatic carbocycles. The van der Waals surface area contributed by atoms with E-state index in [-0.39, 0.29) is 42.4 Å². The number of hydrogen-bond donors (Lipinski definition) is 1. The molecule has 0 saturated carbocycles. The summed E-state index contributed by atoms with van der Waals surface area (Å²) in [7, 11) is 6.16. The Balaban J connectivity index is 1.54. The molecule has 3 saturated heterocycles. The number of cyclic esters (lactones) is 1. The van der Waals surface area contributed by atoms with Crippen LogP contribution in [0.5, 0.6) is 0 Å². The number of Topliss-reactive ketones (excluding diaryl/α,β-unsaturated/α-hetero) is 1. The Labute approximate surface area is 334 Å². The Bertz CT molecular complexity index is 1720. The summed E-state index contributed by atoms with van der Waals surface area (Å²) in [4.78, 5) is 50.3. The normalized spacial score (nSPS) is 38.2. The van der Waals surface area contributed by atoms with E-state index >= 15 is 0 Å². The molecule has 1 amide bonds. The first kappa shape index (κ1) is 43.7. The summed E-state index contributed by atoms with van der Waals surface area (Å²) < 4.78 is 32.6. The van der Waals surface area contributed by atoms with E-state index in [1.807, 2.05) is 84.3 Å². The van der Waals surface area contributed by atoms with Crippen molar-refractivity contribution < 1.29 is 38.1 Å². The topological polar surface area (TPSA) is 129 Å². The van der Waals surface area contributed by atoms with Gasteiger partial charge in [0.25, 0.3) is 0 Å². The van der Waals surface area contributed by atoms with Crippen molar-refractivity contribution in [1.29, 1.82) is 0 Å². The zero-order chi connectivity index (χ0) is 41.1. The van der Waals surface area contributed by atoms with Crippen molar-refractivity contribution in [2.24, 2.45) is 23.7 Å². The highest BCUT2D eigenvalue weighted by Gasteiger charge is 2.56. The molecule has 310 valence electrons. The fourth-order valence-electron chi connectivity index (χ4n) is 9.38. The molecule has 1 N–H and O–H groups in total. The lowest BCUT2D eigenvalue weighted by Gasteiger charge is -2.48. The molecule has 3 aliphatic rings. The maximum atomic E-state index is 14.6. The number of aromatic nitrogens is 1. The smallest absolute Gasteiger partial charge is 0.408 e. The highest BCUT2D eigenvalue weighted by atomic mass is 16.7. The molecule has 0 bridgehead atoms. The molecule has 2 aromatic rings. The number of rotatable bonds is 8. The van der Waals surface area contributed by atoms with Gasteiger partial charge in [0.1, 0.15) is 12.0 Å². The Morgan fingerprint density at radius 1 is 1.07 bits per heavy atom. The lowest BCUT2D eigenvalue weighted by atomic mass is 9.78. The van der Waals surface area contributed by atoms with Crippen molar-refractivity contribution in [1.82, 2.24) is 20.1 Å². The van der Waals surface area contributed by atoms with Crippen LogP contribution in [-0.2, 0) is 33.3 Å². The van der Waals surface area contributed by atoms with Crippen molar-refractivity contribution in [3.8, 4) is 0 Å². The van der Waals surface area contributed by atoms with E-state index in [2.05, 4.69) is 61.0 Å². The van der Waals surface area contributed by atoms with Gasteiger partial charge in [-0.2, -0.15) is 0 Å². The molecule has 0 radical (unpaired) electrons. The summed E-state index contributed by atoms with van der Waals surface area (Å²) in [5.41, 5.74) is -0.300. The molecule has 0 spiro atoms. The Morgan fingerprint density at radius 2 is 1.79 bits per heavy atom. The maximum absolute atomic E-state index is 14.6. The van der Waals surface area contributed by atoms with Gasteiger partial charge >= 0.3 is 12.1 Å². The van der Waals surface area contributed by atoms with Gasteiger partial charge in [-0.1, -0.05) is 58.0 Å². The van der Waals surface area contributed by atoms with E-state index in [0.717, 1.165) is 22.9 Å². The molecule has 12 nitrogen and oxygen atoms in total. The second-order valence-electron chi connectivity index (χ2n) is 17.4. The monoisotopic (exact) mass is 778 g/mol. The number of hydrogen-bond acceptors (Lipinski definition) is 11. The van der Waals surface area contributed by atoms with E-state index in [0.29, 0.717) is 19.4 Å². The third kappa shape index (κ3) is 9.47. The number of benzene rings is 1. The molecular weight excluding hydrogens is 713 g/mol. The lowest BCUT2D eigenvalue weighted by Crippen LogP contribution is -2.60. The Morgan fingerprint density at radius 3 is 2.48 bits per heavy atom. The van der Waals surface area contributed by atoms with Crippen LogP contribution in [0.1, 0.15) is 87.1 Å². The van der Waals surface area contributed by atoms with Gasteiger partial charge in [0.2, 0.25) is 0 Å². The fourth-order valence-corrected chi connectivity index (χ4v) is 9.38. The Kier molecular flexibility index (Phi) is 14.1. The van der Waals surface area contributed by atoms with Crippen LogP contribution in [0.25, 0.3) is 17.0 Å². The molecule has 56 heavy (non-hydrogen) atoms. The first-order valence-electron chi connectivity index (χ1n) is 20.4. The van der Waals surface area contributed by atoms with Gasteiger partial charge in [0.05, 0.1) is 36.0 Å². The van der Waals surface area contributed by atoms with E-state index in [1.54, 1.807) is 6.92 Å². The number of likely N-dealkylation sites (N-methyl/N-ethyl adjacent to an activating group) is 1. The van der Waals surface area contributed by atoms with E-state index in [4.69, 9.17) is 23.7 Å². The van der Waals surface area contributed by atoms with Gasteiger partial charge in [-0.15, -0.1) is 0 Å². The highest BCUT2D eigenvalue weighted by molar-refractivity contribution is 6.00. The zero-order valence-corrected chi connectivity index (χ0v) is 35.6. The molecule has 3 fully saturated rings. The first-order valence-corrected chi connectivity index (χ1v) is 20.4. The second-order valence-corrected chi connectivity index (χ2v) is 17.4. The van der Waals surface area contributed by atoms with Gasteiger partial charge in [0, 0.05) is 42.0 Å². The van der Waals surface area contributed by atoms with Gasteiger partial charge in [-0.25, -0.2) is 4.79 Å². The average Bonchev–Trinajstić information content (AvgIpc) is 3.47. The van der Waals surface area contributed by atoms with Gasteiger partial charge in [-0.3, -0.25) is 14.6 Å².